The Hall–Kier alpha value is -0.520. The molecule has 0 aromatic rings. The molecule has 1 aliphatic heterocycles. The van der Waals surface area contributed by atoms with Crippen molar-refractivity contribution < 1.29 is 4.74 Å². The third-order valence-corrected chi connectivity index (χ3v) is 3.70. The van der Waals surface area contributed by atoms with E-state index in [1.54, 1.807) is 0 Å². The molecule has 0 radical (unpaired) electrons. The molecule has 0 spiro atoms. The molecule has 98 valence electrons. The van der Waals surface area contributed by atoms with Crippen LogP contribution in [0.15, 0.2) is 0 Å². The van der Waals surface area contributed by atoms with E-state index in [-0.39, 0.29) is 0 Å². The van der Waals surface area contributed by atoms with Crippen LogP contribution in [0.2, 0.25) is 0 Å². The molecule has 0 atom stereocenters. The number of hydrogen-bond acceptors (Lipinski definition) is 2. The fourth-order valence-corrected chi connectivity index (χ4v) is 2.35. The molecule has 0 aliphatic carbocycles. The lowest BCUT2D eigenvalue weighted by Crippen LogP contribution is -2.35. The highest BCUT2D eigenvalue weighted by atomic mass is 16.5. The second-order valence-corrected chi connectivity index (χ2v) is 4.97. The van der Waals surface area contributed by atoms with Crippen LogP contribution in [0, 0.1) is 18.3 Å². The van der Waals surface area contributed by atoms with E-state index in [9.17, 15) is 0 Å². The molecule has 1 fully saturated rings. The summed E-state index contributed by atoms with van der Waals surface area (Å²) >= 11 is 0. The molecule has 1 aliphatic rings. The van der Waals surface area contributed by atoms with Crippen molar-refractivity contribution >= 4 is 0 Å². The van der Waals surface area contributed by atoms with Gasteiger partial charge in [-0.05, 0) is 44.7 Å². The number of likely N-dealkylation sites (tertiary alicyclic amines) is 1. The number of ether oxygens (including phenoxy) is 1. The maximum absolute atomic E-state index is 5.63. The lowest BCUT2D eigenvalue weighted by Gasteiger charge is -2.31. The Bertz CT molecular complexity index is 213. The van der Waals surface area contributed by atoms with Crippen LogP contribution < -0.4 is 0 Å². The van der Waals surface area contributed by atoms with Crippen molar-refractivity contribution in [2.75, 3.05) is 32.8 Å². The van der Waals surface area contributed by atoms with Crippen molar-refractivity contribution in [1.82, 2.24) is 4.90 Å². The highest BCUT2D eigenvalue weighted by Gasteiger charge is 2.16. The molecule has 0 amide bonds. The van der Waals surface area contributed by atoms with Gasteiger partial charge in [-0.2, -0.15) is 0 Å². The minimum atomic E-state index is 0.868. The summed E-state index contributed by atoms with van der Waals surface area (Å²) in [6, 6.07) is 0. The van der Waals surface area contributed by atoms with Gasteiger partial charge < -0.3 is 9.64 Å². The molecular formula is C15H27NO. The van der Waals surface area contributed by atoms with Gasteiger partial charge in [-0.3, -0.25) is 0 Å². The van der Waals surface area contributed by atoms with Gasteiger partial charge in [0.1, 0.15) is 0 Å². The molecule has 0 N–H and O–H groups in total. The zero-order chi connectivity index (χ0) is 12.3. The number of unbranched alkanes of at least 4 members (excludes halogenated alkanes) is 2. The van der Waals surface area contributed by atoms with Gasteiger partial charge >= 0.3 is 0 Å². The Morgan fingerprint density at radius 2 is 2.00 bits per heavy atom. The number of hydrogen-bond donors (Lipinski definition) is 0. The van der Waals surface area contributed by atoms with Crippen molar-refractivity contribution in [3.8, 4) is 12.3 Å². The van der Waals surface area contributed by atoms with Crippen molar-refractivity contribution in [2.45, 2.75) is 45.4 Å². The Labute approximate surface area is 107 Å². The van der Waals surface area contributed by atoms with E-state index in [2.05, 4.69) is 17.7 Å². The van der Waals surface area contributed by atoms with Crippen LogP contribution in [0.3, 0.4) is 0 Å². The molecule has 0 saturated carbocycles. The lowest BCUT2D eigenvalue weighted by atomic mass is 9.94. The average Bonchev–Trinajstić information content (AvgIpc) is 2.38. The molecule has 17 heavy (non-hydrogen) atoms. The van der Waals surface area contributed by atoms with Crippen LogP contribution in [0.4, 0.5) is 0 Å². The van der Waals surface area contributed by atoms with Crippen molar-refractivity contribution in [3.63, 3.8) is 0 Å². The van der Waals surface area contributed by atoms with Crippen LogP contribution in [0.1, 0.15) is 45.4 Å². The van der Waals surface area contributed by atoms with Gasteiger partial charge in [0.05, 0.1) is 6.61 Å². The van der Waals surface area contributed by atoms with Crippen LogP contribution >= 0.6 is 0 Å². The maximum Gasteiger partial charge on any atom is 0.0593 e. The second-order valence-electron chi connectivity index (χ2n) is 4.97. The second kappa shape index (κ2) is 9.50. The first-order valence-corrected chi connectivity index (χ1v) is 7.10. The molecule has 1 heterocycles. The van der Waals surface area contributed by atoms with Crippen LogP contribution in [0.5, 0.6) is 0 Å². The summed E-state index contributed by atoms with van der Waals surface area (Å²) in [5, 5.41) is 0. The van der Waals surface area contributed by atoms with Gasteiger partial charge in [-0.15, -0.1) is 12.3 Å². The van der Waals surface area contributed by atoms with E-state index < -0.39 is 0 Å². The van der Waals surface area contributed by atoms with E-state index in [1.807, 2.05) is 0 Å². The summed E-state index contributed by atoms with van der Waals surface area (Å²) in [4.78, 5) is 2.54. The molecule has 2 heteroatoms. The Kier molecular flexibility index (Phi) is 8.13. The summed E-state index contributed by atoms with van der Waals surface area (Å²) in [5.41, 5.74) is 0. The minimum absolute atomic E-state index is 0.868. The SMILES string of the molecule is C#CCCCCOCCN1CCC(CC)CC1. The quantitative estimate of drug-likeness (QED) is 0.475. The predicted octanol–water partition coefficient (Wildman–Crippen LogP) is 2.93. The van der Waals surface area contributed by atoms with Crippen LogP contribution in [-0.2, 0) is 4.74 Å². The summed E-state index contributed by atoms with van der Waals surface area (Å²) < 4.78 is 5.63. The molecule has 0 aromatic carbocycles. The highest BCUT2D eigenvalue weighted by Crippen LogP contribution is 2.19. The van der Waals surface area contributed by atoms with Gasteiger partial charge in [0.2, 0.25) is 0 Å². The third-order valence-electron chi connectivity index (χ3n) is 3.70. The topological polar surface area (TPSA) is 12.5 Å². The summed E-state index contributed by atoms with van der Waals surface area (Å²) in [5.74, 6) is 3.62. The summed E-state index contributed by atoms with van der Waals surface area (Å²) in [6.45, 7) is 7.68. The number of piperidine rings is 1. The lowest BCUT2D eigenvalue weighted by molar-refractivity contribution is 0.0861. The Morgan fingerprint density at radius 3 is 2.65 bits per heavy atom. The molecule has 1 rings (SSSR count). The van der Waals surface area contributed by atoms with Crippen LogP contribution in [0.25, 0.3) is 0 Å². The maximum atomic E-state index is 5.63. The third kappa shape index (κ3) is 6.71. The van der Waals surface area contributed by atoms with E-state index in [0.29, 0.717) is 0 Å². The Balaban J connectivity index is 1.89. The summed E-state index contributed by atoms with van der Waals surface area (Å²) in [7, 11) is 0. The smallest absolute Gasteiger partial charge is 0.0593 e. The van der Waals surface area contributed by atoms with Gasteiger partial charge in [-0.25, -0.2) is 0 Å². The largest absolute Gasteiger partial charge is 0.380 e. The first kappa shape index (κ1) is 14.5. The molecule has 2 nitrogen and oxygen atoms in total. The van der Waals surface area contributed by atoms with E-state index in [4.69, 9.17) is 11.2 Å². The zero-order valence-corrected chi connectivity index (χ0v) is 11.3. The fourth-order valence-electron chi connectivity index (χ4n) is 2.35. The number of nitrogens with zero attached hydrogens (tertiary/aromatic N) is 1. The van der Waals surface area contributed by atoms with Crippen molar-refractivity contribution in [2.24, 2.45) is 5.92 Å². The van der Waals surface area contributed by atoms with Crippen molar-refractivity contribution in [3.05, 3.63) is 0 Å². The minimum Gasteiger partial charge on any atom is -0.380 e. The first-order valence-electron chi connectivity index (χ1n) is 7.10. The van der Waals surface area contributed by atoms with Crippen molar-refractivity contribution in [1.29, 1.82) is 0 Å². The zero-order valence-electron chi connectivity index (χ0n) is 11.3. The highest BCUT2D eigenvalue weighted by molar-refractivity contribution is 4.82. The molecule has 1 saturated heterocycles. The molecule has 0 unspecified atom stereocenters. The standard InChI is InChI=1S/C15H27NO/c1-3-5-6-7-13-17-14-12-16-10-8-15(4-2)9-11-16/h1,15H,4-14H2,2H3. The Morgan fingerprint density at radius 1 is 1.24 bits per heavy atom. The normalized spacial score (nSPS) is 18.1. The predicted molar refractivity (Wildman–Crippen MR) is 73.0 cm³/mol. The van der Waals surface area contributed by atoms with Gasteiger partial charge in [0, 0.05) is 19.6 Å². The molecule has 0 aromatic heterocycles. The summed E-state index contributed by atoms with van der Waals surface area (Å²) in [6.07, 6.45) is 12.4. The average molecular weight is 237 g/mol. The van der Waals surface area contributed by atoms with E-state index in [1.165, 1.54) is 32.4 Å². The number of terminal acetylenes is 1. The molecule has 0 bridgehead atoms. The van der Waals surface area contributed by atoms with Gasteiger partial charge in [0.15, 0.2) is 0 Å². The first-order chi connectivity index (χ1) is 8.36. The van der Waals surface area contributed by atoms with Crippen LogP contribution in [-0.4, -0.2) is 37.7 Å². The fraction of sp³-hybridized carbons (Fsp3) is 0.867. The monoisotopic (exact) mass is 237 g/mol. The molecular weight excluding hydrogens is 210 g/mol. The number of rotatable bonds is 8. The van der Waals surface area contributed by atoms with Gasteiger partial charge in [0.25, 0.3) is 0 Å². The van der Waals surface area contributed by atoms with Gasteiger partial charge in [-0.1, -0.05) is 13.3 Å². The van der Waals surface area contributed by atoms with E-state index in [0.717, 1.165) is 44.9 Å². The van der Waals surface area contributed by atoms with E-state index >= 15 is 0 Å².